The van der Waals surface area contributed by atoms with Crippen molar-refractivity contribution in [3.05, 3.63) is 35.1 Å². The summed E-state index contributed by atoms with van der Waals surface area (Å²) in [5, 5.41) is 12.2. The Hall–Kier alpha value is -1.60. The summed E-state index contributed by atoms with van der Waals surface area (Å²) in [6.07, 6.45) is 0.361. The topological polar surface area (TPSA) is 58.6 Å². The molecule has 7 heteroatoms. The summed E-state index contributed by atoms with van der Waals surface area (Å²) >= 11 is 0. The zero-order valence-electron chi connectivity index (χ0n) is 9.88. The Morgan fingerprint density at radius 1 is 1.37 bits per heavy atom. The summed E-state index contributed by atoms with van der Waals surface area (Å²) in [5.41, 5.74) is -1.52. The molecule has 0 bridgehead atoms. The first kappa shape index (κ1) is 13.8. The van der Waals surface area contributed by atoms with Crippen molar-refractivity contribution >= 4 is 5.91 Å². The monoisotopic (exact) mass is 275 g/mol. The molecule has 19 heavy (non-hydrogen) atoms. The van der Waals surface area contributed by atoms with Crippen LogP contribution in [0.15, 0.2) is 12.1 Å². The van der Waals surface area contributed by atoms with E-state index in [1.54, 1.807) is 0 Å². The van der Waals surface area contributed by atoms with Gasteiger partial charge in [0.05, 0.1) is 6.61 Å². The third-order valence-corrected chi connectivity index (χ3v) is 2.91. The molecule has 0 spiro atoms. The van der Waals surface area contributed by atoms with Gasteiger partial charge in [0.25, 0.3) is 5.91 Å². The molecule has 1 saturated heterocycles. The zero-order valence-corrected chi connectivity index (χ0v) is 9.88. The lowest BCUT2D eigenvalue weighted by Crippen LogP contribution is -2.43. The predicted molar refractivity (Wildman–Crippen MR) is 59.0 cm³/mol. The molecular weight excluding hydrogens is 263 g/mol. The normalized spacial score (nSPS) is 22.5. The fourth-order valence-electron chi connectivity index (χ4n) is 1.77. The quantitative estimate of drug-likeness (QED) is 0.809. The number of carbonyl (C=O) groups is 1. The minimum atomic E-state index is -1.63. The summed E-state index contributed by atoms with van der Waals surface area (Å²) in [7, 11) is 0. The number of benzene rings is 1. The van der Waals surface area contributed by atoms with Crippen LogP contribution >= 0.6 is 0 Å². The summed E-state index contributed by atoms with van der Waals surface area (Å²) in [6.45, 7) is 0.359. The molecule has 1 amide bonds. The number of aliphatic hydroxyl groups is 1. The third-order valence-electron chi connectivity index (χ3n) is 2.91. The van der Waals surface area contributed by atoms with Gasteiger partial charge in [-0.25, -0.2) is 13.2 Å². The molecule has 1 aliphatic rings. The van der Waals surface area contributed by atoms with Crippen molar-refractivity contribution in [2.24, 2.45) is 0 Å². The Bertz CT molecular complexity index is 478. The molecule has 2 rings (SSSR count). The molecule has 1 heterocycles. The van der Waals surface area contributed by atoms with Crippen molar-refractivity contribution in [3.8, 4) is 0 Å². The van der Waals surface area contributed by atoms with Gasteiger partial charge in [0, 0.05) is 25.1 Å². The Kier molecular flexibility index (Phi) is 3.77. The van der Waals surface area contributed by atoms with E-state index >= 15 is 0 Å². The molecular formula is C12H12F3NO3. The molecule has 1 fully saturated rings. The Labute approximate surface area is 107 Å². The minimum absolute atomic E-state index is 0.0828. The molecule has 1 aliphatic heterocycles. The molecule has 1 aromatic rings. The van der Waals surface area contributed by atoms with E-state index in [4.69, 9.17) is 4.74 Å². The van der Waals surface area contributed by atoms with E-state index in [0.29, 0.717) is 25.2 Å². The predicted octanol–water partition coefficient (Wildman–Crippen LogP) is 0.985. The highest BCUT2D eigenvalue weighted by atomic mass is 19.2. The van der Waals surface area contributed by atoms with Crippen molar-refractivity contribution in [3.63, 3.8) is 0 Å². The molecule has 0 radical (unpaired) electrons. The van der Waals surface area contributed by atoms with E-state index in [2.05, 4.69) is 5.32 Å². The molecule has 0 aromatic heterocycles. The molecule has 0 aliphatic carbocycles. The zero-order chi connectivity index (χ0) is 14.0. The number of hydrogen-bond donors (Lipinski definition) is 2. The van der Waals surface area contributed by atoms with Crippen LogP contribution in [0.1, 0.15) is 16.8 Å². The summed E-state index contributed by atoms with van der Waals surface area (Å²) in [6, 6.07) is 1.20. The molecule has 0 saturated carbocycles. The van der Waals surface area contributed by atoms with Gasteiger partial charge in [0.1, 0.15) is 5.60 Å². The highest BCUT2D eigenvalue weighted by molar-refractivity contribution is 5.94. The van der Waals surface area contributed by atoms with Crippen molar-refractivity contribution in [2.75, 3.05) is 19.8 Å². The average molecular weight is 275 g/mol. The van der Waals surface area contributed by atoms with Gasteiger partial charge < -0.3 is 15.2 Å². The van der Waals surface area contributed by atoms with Crippen LogP contribution in [-0.2, 0) is 4.74 Å². The third kappa shape index (κ3) is 3.05. The van der Waals surface area contributed by atoms with Crippen LogP contribution < -0.4 is 5.32 Å². The smallest absolute Gasteiger partial charge is 0.251 e. The Balaban J connectivity index is 2.04. The minimum Gasteiger partial charge on any atom is -0.386 e. The second-order valence-electron chi connectivity index (χ2n) is 4.46. The van der Waals surface area contributed by atoms with Gasteiger partial charge in [-0.1, -0.05) is 0 Å². The van der Waals surface area contributed by atoms with Gasteiger partial charge in [0.2, 0.25) is 0 Å². The van der Waals surface area contributed by atoms with Crippen LogP contribution in [0.3, 0.4) is 0 Å². The molecule has 1 atom stereocenters. The molecule has 104 valence electrons. The maximum absolute atomic E-state index is 13.0. The standard InChI is InChI=1S/C12H12F3NO3/c13-8-3-7(4-9(14)10(8)15)11(17)16-5-12(18)1-2-19-6-12/h3-4,18H,1-2,5-6H2,(H,16,17). The SMILES string of the molecule is O=C(NCC1(O)CCOC1)c1cc(F)c(F)c(F)c1. The lowest BCUT2D eigenvalue weighted by Gasteiger charge is -2.20. The van der Waals surface area contributed by atoms with E-state index < -0.39 is 29.0 Å². The second kappa shape index (κ2) is 5.18. The van der Waals surface area contributed by atoms with Gasteiger partial charge in [-0.3, -0.25) is 4.79 Å². The first-order chi connectivity index (χ1) is 8.91. The van der Waals surface area contributed by atoms with E-state index in [1.165, 1.54) is 0 Å². The van der Waals surface area contributed by atoms with Gasteiger partial charge in [-0.15, -0.1) is 0 Å². The number of nitrogens with one attached hydrogen (secondary N) is 1. The Morgan fingerprint density at radius 2 is 2.00 bits per heavy atom. The van der Waals surface area contributed by atoms with Gasteiger partial charge in [0.15, 0.2) is 17.5 Å². The van der Waals surface area contributed by atoms with Crippen molar-refractivity contribution in [2.45, 2.75) is 12.0 Å². The van der Waals surface area contributed by atoms with Crippen LogP contribution in [-0.4, -0.2) is 36.4 Å². The molecule has 1 aromatic carbocycles. The van der Waals surface area contributed by atoms with Gasteiger partial charge in [-0.2, -0.15) is 0 Å². The number of amides is 1. The average Bonchev–Trinajstić information content (AvgIpc) is 2.80. The van der Waals surface area contributed by atoms with E-state index in [1.807, 2.05) is 0 Å². The van der Waals surface area contributed by atoms with Crippen molar-refractivity contribution in [1.29, 1.82) is 0 Å². The first-order valence-corrected chi connectivity index (χ1v) is 5.64. The van der Waals surface area contributed by atoms with Gasteiger partial charge >= 0.3 is 0 Å². The highest BCUT2D eigenvalue weighted by Gasteiger charge is 2.32. The largest absolute Gasteiger partial charge is 0.386 e. The second-order valence-corrected chi connectivity index (χ2v) is 4.46. The molecule has 2 N–H and O–H groups in total. The van der Waals surface area contributed by atoms with Crippen LogP contribution in [0, 0.1) is 17.5 Å². The summed E-state index contributed by atoms with van der Waals surface area (Å²) < 4.78 is 43.6. The number of halogens is 3. The molecule has 1 unspecified atom stereocenters. The fourth-order valence-corrected chi connectivity index (χ4v) is 1.77. The highest BCUT2D eigenvalue weighted by Crippen LogP contribution is 2.18. The van der Waals surface area contributed by atoms with E-state index in [-0.39, 0.29) is 18.7 Å². The number of rotatable bonds is 3. The lowest BCUT2D eigenvalue weighted by molar-refractivity contribution is 0.0264. The Morgan fingerprint density at radius 3 is 2.53 bits per heavy atom. The van der Waals surface area contributed by atoms with Crippen LogP contribution in [0.4, 0.5) is 13.2 Å². The van der Waals surface area contributed by atoms with E-state index in [0.717, 1.165) is 0 Å². The number of ether oxygens (including phenoxy) is 1. The fraction of sp³-hybridized carbons (Fsp3) is 0.417. The number of hydrogen-bond acceptors (Lipinski definition) is 3. The summed E-state index contributed by atoms with van der Waals surface area (Å²) in [4.78, 5) is 11.6. The maximum atomic E-state index is 13.0. The number of carbonyl (C=O) groups excluding carboxylic acids is 1. The summed E-state index contributed by atoms with van der Waals surface area (Å²) in [5.74, 6) is -5.29. The van der Waals surface area contributed by atoms with Crippen molar-refractivity contribution in [1.82, 2.24) is 5.32 Å². The first-order valence-electron chi connectivity index (χ1n) is 5.64. The van der Waals surface area contributed by atoms with Crippen LogP contribution in [0.5, 0.6) is 0 Å². The van der Waals surface area contributed by atoms with Crippen molar-refractivity contribution < 1.29 is 27.8 Å². The van der Waals surface area contributed by atoms with Crippen LogP contribution in [0.25, 0.3) is 0 Å². The van der Waals surface area contributed by atoms with Gasteiger partial charge in [-0.05, 0) is 12.1 Å². The maximum Gasteiger partial charge on any atom is 0.251 e. The van der Waals surface area contributed by atoms with E-state index in [9.17, 15) is 23.1 Å². The molecule has 4 nitrogen and oxygen atoms in total. The lowest BCUT2D eigenvalue weighted by atomic mass is 10.0. The van der Waals surface area contributed by atoms with Crippen LogP contribution in [0.2, 0.25) is 0 Å².